The van der Waals surface area contributed by atoms with E-state index < -0.39 is 58.4 Å². The molecule has 2 rings (SSSR count). The molecule has 2 aromatic carbocycles. The highest BCUT2D eigenvalue weighted by Crippen LogP contribution is 2.21. The second-order valence-electron chi connectivity index (χ2n) is 11.4. The van der Waals surface area contributed by atoms with Crippen molar-refractivity contribution in [3.63, 3.8) is 0 Å². The van der Waals surface area contributed by atoms with Gasteiger partial charge in [0.1, 0.15) is 17.7 Å². The molecule has 8 nitrogen and oxygen atoms in total. The summed E-state index contributed by atoms with van der Waals surface area (Å²) in [6.45, 7) is 4.87. The molecule has 0 aliphatic carbocycles. The number of sulfonamides is 1. The summed E-state index contributed by atoms with van der Waals surface area (Å²) in [6.07, 6.45) is -4.05. The molecule has 0 unspecified atom stereocenters. The van der Waals surface area contributed by atoms with Crippen LogP contribution in [0.25, 0.3) is 0 Å². The van der Waals surface area contributed by atoms with Gasteiger partial charge in [-0.15, -0.1) is 0 Å². The highest BCUT2D eigenvalue weighted by atomic mass is 32.2. The summed E-state index contributed by atoms with van der Waals surface area (Å²) in [4.78, 5) is 26.5. The predicted octanol–water partition coefficient (Wildman–Crippen LogP) is 5.43. The summed E-state index contributed by atoms with van der Waals surface area (Å²) >= 11 is 0. The lowest BCUT2D eigenvalue weighted by molar-refractivity contribution is -0.206. The number of hydrogen-bond donors (Lipinski definition) is 2. The van der Waals surface area contributed by atoms with Crippen molar-refractivity contribution in [3.05, 3.63) is 70.8 Å². The van der Waals surface area contributed by atoms with E-state index in [9.17, 15) is 40.0 Å². The fourth-order valence-electron chi connectivity index (χ4n) is 5.21. The van der Waals surface area contributed by atoms with E-state index in [0.717, 1.165) is 48.3 Å². The number of esters is 1. The minimum atomic E-state index is -5.38. The van der Waals surface area contributed by atoms with E-state index in [2.05, 4.69) is 4.72 Å². The quantitative estimate of drug-likeness (QED) is 0.151. The first-order chi connectivity index (χ1) is 21.6. The first kappa shape index (κ1) is 39.1. The Hall–Kier alpha value is -3.10. The topological polar surface area (TPSA) is 119 Å². The van der Waals surface area contributed by atoms with Crippen LogP contribution in [0.5, 0.6) is 0 Å². The zero-order chi connectivity index (χ0) is 34.5. The van der Waals surface area contributed by atoms with Crippen molar-refractivity contribution in [1.82, 2.24) is 9.62 Å². The Kier molecular flexibility index (Phi) is 15.5. The molecule has 0 bridgehead atoms. The molecule has 0 spiro atoms. The molecule has 0 radical (unpaired) electrons. The van der Waals surface area contributed by atoms with Crippen molar-refractivity contribution in [2.45, 2.75) is 90.6 Å². The summed E-state index contributed by atoms with van der Waals surface area (Å²) in [5.41, 5.74) is 7.72. The lowest BCUT2D eigenvalue weighted by atomic mass is 10.0. The molecule has 46 heavy (non-hydrogen) atoms. The normalized spacial score (nSPS) is 13.4. The number of nitrogens with two attached hydrogens (primary N) is 1. The second-order valence-corrected chi connectivity index (χ2v) is 13.3. The summed E-state index contributed by atoms with van der Waals surface area (Å²) in [5.74, 6) is -5.18. The van der Waals surface area contributed by atoms with E-state index in [1.54, 1.807) is 18.2 Å². The number of carbonyl (C=O) groups excluding carboxylic acids is 2. The largest absolute Gasteiger partial charge is 0.490 e. The van der Waals surface area contributed by atoms with E-state index >= 15 is 0 Å². The summed E-state index contributed by atoms with van der Waals surface area (Å²) in [5, 5.41) is 0. The maximum absolute atomic E-state index is 13.8. The molecule has 1 amide bonds. The van der Waals surface area contributed by atoms with Crippen molar-refractivity contribution in [1.29, 1.82) is 0 Å². The van der Waals surface area contributed by atoms with E-state index in [4.69, 9.17) is 10.5 Å². The zero-order valence-corrected chi connectivity index (χ0v) is 27.2. The van der Waals surface area contributed by atoms with Gasteiger partial charge < -0.3 is 15.4 Å². The Balaban J connectivity index is 2.32. The Bertz CT molecular complexity index is 1360. The van der Waals surface area contributed by atoms with Gasteiger partial charge in [0.2, 0.25) is 15.9 Å². The van der Waals surface area contributed by atoms with Crippen molar-refractivity contribution in [3.8, 4) is 0 Å². The average molecular weight is 678 g/mol. The number of alkyl halides is 3. The van der Waals surface area contributed by atoms with Crippen LogP contribution in [0.4, 0.5) is 22.0 Å². The number of nitrogens with zero attached hydrogens (tertiary/aromatic N) is 1. The van der Waals surface area contributed by atoms with Gasteiger partial charge in [0.15, 0.2) is 0 Å². The van der Waals surface area contributed by atoms with Gasteiger partial charge in [-0.2, -0.15) is 13.2 Å². The van der Waals surface area contributed by atoms with Crippen molar-refractivity contribution in [2.24, 2.45) is 11.7 Å². The highest BCUT2D eigenvalue weighted by molar-refractivity contribution is 7.89. The Morgan fingerprint density at radius 3 is 2.13 bits per heavy atom. The third-order valence-corrected chi connectivity index (χ3v) is 8.95. The van der Waals surface area contributed by atoms with Gasteiger partial charge >= 0.3 is 12.1 Å². The standard InChI is InChI=1S/C32H44F5N3O5S/c1-4-8-23(9-5-2)21-46(43,44)39-13-12-30(41)40(19-24-11-7-10-22(6-3)14-24)20-29(45-31(42)32(35,36)37)28(38)17-25-15-26(33)18-27(34)16-25/h7,10-11,14-16,18,23,28-29,39H,4-6,8-9,12-13,17,19-21,38H2,1-3H3/t28-,29+/m0/s1. The second kappa shape index (κ2) is 18.3. The molecular formula is C32H44F5N3O5S. The van der Waals surface area contributed by atoms with Crippen LogP contribution in [-0.4, -0.2) is 62.4 Å². The van der Waals surface area contributed by atoms with Crippen molar-refractivity contribution < 1.29 is 44.7 Å². The Morgan fingerprint density at radius 2 is 1.57 bits per heavy atom. The number of amides is 1. The number of carbonyl (C=O) groups is 2. The van der Waals surface area contributed by atoms with Crippen molar-refractivity contribution in [2.75, 3.05) is 18.8 Å². The third kappa shape index (κ3) is 13.7. The van der Waals surface area contributed by atoms with Crippen LogP contribution in [0.1, 0.15) is 69.6 Å². The van der Waals surface area contributed by atoms with Gasteiger partial charge in [-0.05, 0) is 60.4 Å². The van der Waals surface area contributed by atoms with Gasteiger partial charge in [0.05, 0.1) is 12.3 Å². The SMILES string of the molecule is CCCC(CCC)CS(=O)(=O)NCCC(=O)N(Cc1cccc(CC)c1)C[C@@H](OC(=O)C(F)(F)F)[C@@H](N)Cc1cc(F)cc(F)c1. The molecule has 0 heterocycles. The van der Waals surface area contributed by atoms with Gasteiger partial charge in [-0.25, -0.2) is 26.7 Å². The Labute approximate surface area is 267 Å². The number of rotatable bonds is 19. The summed E-state index contributed by atoms with van der Waals surface area (Å²) in [6, 6.07) is 8.22. The number of aryl methyl sites for hydroxylation is 1. The van der Waals surface area contributed by atoms with Crippen LogP contribution in [0, 0.1) is 17.6 Å². The molecule has 0 fully saturated rings. The molecule has 14 heteroatoms. The van der Waals surface area contributed by atoms with E-state index in [1.165, 1.54) is 0 Å². The fourth-order valence-corrected chi connectivity index (χ4v) is 6.69. The molecular weight excluding hydrogens is 633 g/mol. The lowest BCUT2D eigenvalue weighted by Crippen LogP contribution is -2.50. The van der Waals surface area contributed by atoms with Crippen LogP contribution in [-0.2, 0) is 43.7 Å². The molecule has 258 valence electrons. The average Bonchev–Trinajstić information content (AvgIpc) is 2.95. The van der Waals surface area contributed by atoms with Crippen LogP contribution >= 0.6 is 0 Å². The molecule has 0 aromatic heterocycles. The molecule has 0 aliphatic rings. The predicted molar refractivity (Wildman–Crippen MR) is 165 cm³/mol. The minimum Gasteiger partial charge on any atom is -0.452 e. The number of benzene rings is 2. The van der Waals surface area contributed by atoms with E-state index in [1.807, 2.05) is 26.8 Å². The maximum atomic E-state index is 13.8. The number of nitrogens with one attached hydrogen (secondary N) is 1. The molecule has 2 atom stereocenters. The molecule has 0 saturated heterocycles. The summed E-state index contributed by atoms with van der Waals surface area (Å²) < 4.78 is 100.0. The van der Waals surface area contributed by atoms with Gasteiger partial charge in [-0.1, -0.05) is 57.9 Å². The monoisotopic (exact) mass is 677 g/mol. The third-order valence-electron chi connectivity index (χ3n) is 7.40. The van der Waals surface area contributed by atoms with Crippen LogP contribution in [0.3, 0.4) is 0 Å². The smallest absolute Gasteiger partial charge is 0.452 e. The van der Waals surface area contributed by atoms with Crippen LogP contribution < -0.4 is 10.5 Å². The highest BCUT2D eigenvalue weighted by Gasteiger charge is 2.43. The molecule has 0 saturated carbocycles. The first-order valence-electron chi connectivity index (χ1n) is 15.4. The zero-order valence-electron chi connectivity index (χ0n) is 26.4. The van der Waals surface area contributed by atoms with Gasteiger partial charge in [-0.3, -0.25) is 4.79 Å². The minimum absolute atomic E-state index is 0.00504. The van der Waals surface area contributed by atoms with E-state index in [-0.39, 0.29) is 43.2 Å². The van der Waals surface area contributed by atoms with Crippen LogP contribution in [0.15, 0.2) is 42.5 Å². The molecule has 3 N–H and O–H groups in total. The number of halogens is 5. The van der Waals surface area contributed by atoms with Crippen molar-refractivity contribution >= 4 is 21.9 Å². The van der Waals surface area contributed by atoms with Gasteiger partial charge in [0.25, 0.3) is 0 Å². The molecule has 0 aliphatic heterocycles. The summed E-state index contributed by atoms with van der Waals surface area (Å²) in [7, 11) is -3.72. The lowest BCUT2D eigenvalue weighted by Gasteiger charge is -2.31. The number of hydrogen-bond acceptors (Lipinski definition) is 6. The maximum Gasteiger partial charge on any atom is 0.490 e. The van der Waals surface area contributed by atoms with Gasteiger partial charge in [0, 0.05) is 31.6 Å². The first-order valence-corrected chi connectivity index (χ1v) is 17.0. The fraction of sp³-hybridized carbons (Fsp3) is 0.562. The van der Waals surface area contributed by atoms with E-state index in [0.29, 0.717) is 18.1 Å². The van der Waals surface area contributed by atoms with Crippen LogP contribution in [0.2, 0.25) is 0 Å². The molecule has 2 aromatic rings. The Morgan fingerprint density at radius 1 is 0.957 bits per heavy atom. The number of ether oxygens (including phenoxy) is 1.